The van der Waals surface area contributed by atoms with Crippen molar-refractivity contribution >= 4 is 5.94 Å². The SMILES string of the molecule is O=C=C1[N]CCNC1c1ccccc1. The van der Waals surface area contributed by atoms with Crippen LogP contribution in [0.3, 0.4) is 0 Å². The first-order valence-electron chi connectivity index (χ1n) is 4.62. The molecule has 0 bridgehead atoms. The van der Waals surface area contributed by atoms with Crippen LogP contribution >= 0.6 is 0 Å². The number of benzene rings is 1. The second-order valence-corrected chi connectivity index (χ2v) is 3.17. The van der Waals surface area contributed by atoms with Gasteiger partial charge in [-0.3, -0.25) is 5.32 Å². The number of hydrogen-bond donors (Lipinski definition) is 1. The number of carbonyl (C=O) groups excluding carboxylic acids is 1. The molecule has 1 unspecified atom stereocenters. The van der Waals surface area contributed by atoms with Crippen molar-refractivity contribution in [3.05, 3.63) is 41.6 Å². The number of rotatable bonds is 1. The molecule has 1 aliphatic rings. The monoisotopic (exact) mass is 187 g/mol. The van der Waals surface area contributed by atoms with Crippen LogP contribution in [0.2, 0.25) is 0 Å². The van der Waals surface area contributed by atoms with Crippen LogP contribution in [0.5, 0.6) is 0 Å². The zero-order valence-corrected chi connectivity index (χ0v) is 7.73. The van der Waals surface area contributed by atoms with Crippen LogP contribution in [0.1, 0.15) is 11.6 Å². The minimum atomic E-state index is -0.0811. The average molecular weight is 187 g/mol. The molecular weight excluding hydrogens is 176 g/mol. The number of hydrogen-bond acceptors (Lipinski definition) is 2. The van der Waals surface area contributed by atoms with E-state index < -0.39 is 0 Å². The maximum atomic E-state index is 10.6. The van der Waals surface area contributed by atoms with Gasteiger partial charge < -0.3 is 5.32 Å². The molecule has 0 amide bonds. The quantitative estimate of drug-likeness (QED) is 0.656. The van der Waals surface area contributed by atoms with Gasteiger partial charge in [-0.1, -0.05) is 30.3 Å². The molecule has 0 aromatic heterocycles. The first-order valence-corrected chi connectivity index (χ1v) is 4.62. The highest BCUT2D eigenvalue weighted by molar-refractivity contribution is 5.55. The predicted octanol–water partition coefficient (Wildman–Crippen LogP) is 0.651. The highest BCUT2D eigenvalue weighted by Gasteiger charge is 2.21. The van der Waals surface area contributed by atoms with Gasteiger partial charge in [0.15, 0.2) is 0 Å². The second kappa shape index (κ2) is 4.09. The Morgan fingerprint density at radius 2 is 2.14 bits per heavy atom. The van der Waals surface area contributed by atoms with E-state index in [-0.39, 0.29) is 6.04 Å². The van der Waals surface area contributed by atoms with E-state index >= 15 is 0 Å². The molecule has 0 aliphatic carbocycles. The largest absolute Gasteiger partial charge is 0.302 e. The molecule has 1 aliphatic heterocycles. The van der Waals surface area contributed by atoms with Crippen LogP contribution < -0.4 is 10.6 Å². The van der Waals surface area contributed by atoms with Crippen molar-refractivity contribution in [3.8, 4) is 0 Å². The Hall–Kier alpha value is -1.57. The van der Waals surface area contributed by atoms with Crippen molar-refractivity contribution in [1.82, 2.24) is 10.6 Å². The van der Waals surface area contributed by atoms with Gasteiger partial charge in [0.2, 0.25) is 0 Å². The van der Waals surface area contributed by atoms with Crippen molar-refractivity contribution < 1.29 is 4.79 Å². The Morgan fingerprint density at radius 1 is 1.36 bits per heavy atom. The molecule has 3 heteroatoms. The van der Waals surface area contributed by atoms with E-state index in [1.807, 2.05) is 36.3 Å². The van der Waals surface area contributed by atoms with Gasteiger partial charge >= 0.3 is 0 Å². The molecule has 14 heavy (non-hydrogen) atoms. The molecule has 0 saturated carbocycles. The van der Waals surface area contributed by atoms with Crippen LogP contribution in [0.4, 0.5) is 0 Å². The molecule has 1 fully saturated rings. The topological polar surface area (TPSA) is 43.2 Å². The van der Waals surface area contributed by atoms with E-state index in [1.54, 1.807) is 0 Å². The van der Waals surface area contributed by atoms with Crippen molar-refractivity contribution in [2.45, 2.75) is 6.04 Å². The first kappa shape index (κ1) is 9.00. The maximum Gasteiger partial charge on any atom is 0.149 e. The van der Waals surface area contributed by atoms with E-state index in [4.69, 9.17) is 0 Å². The summed E-state index contributed by atoms with van der Waals surface area (Å²) in [6.45, 7) is 1.47. The molecule has 71 valence electrons. The van der Waals surface area contributed by atoms with Crippen molar-refractivity contribution in [3.63, 3.8) is 0 Å². The normalized spacial score (nSPS) is 21.1. The Bertz CT molecular complexity index is 355. The lowest BCUT2D eigenvalue weighted by Crippen LogP contribution is -2.37. The third-order valence-electron chi connectivity index (χ3n) is 2.25. The summed E-state index contributed by atoms with van der Waals surface area (Å²) < 4.78 is 0. The highest BCUT2D eigenvalue weighted by Crippen LogP contribution is 2.20. The van der Waals surface area contributed by atoms with E-state index in [1.165, 1.54) is 0 Å². The molecule has 1 atom stereocenters. The first-order chi connectivity index (χ1) is 6.92. The summed E-state index contributed by atoms with van der Waals surface area (Å²) >= 11 is 0. The Morgan fingerprint density at radius 3 is 2.86 bits per heavy atom. The van der Waals surface area contributed by atoms with Gasteiger partial charge in [-0.25, -0.2) is 4.79 Å². The fraction of sp³-hybridized carbons (Fsp3) is 0.273. The molecule has 1 aromatic carbocycles. The standard InChI is InChI=1S/C11H11N2O/c14-8-10-11(13-7-6-12-10)9-4-2-1-3-5-9/h1-5,11,13H,6-7H2. The van der Waals surface area contributed by atoms with Gasteiger partial charge in [0.25, 0.3) is 0 Å². The molecule has 1 radical (unpaired) electrons. The van der Waals surface area contributed by atoms with Crippen LogP contribution in [-0.2, 0) is 4.79 Å². The summed E-state index contributed by atoms with van der Waals surface area (Å²) in [4.78, 5) is 10.6. The summed E-state index contributed by atoms with van der Waals surface area (Å²) in [5.41, 5.74) is 1.54. The molecule has 0 spiro atoms. The highest BCUT2D eigenvalue weighted by atomic mass is 16.1. The number of nitrogens with one attached hydrogen (secondary N) is 1. The van der Waals surface area contributed by atoms with Crippen LogP contribution in [0.15, 0.2) is 36.0 Å². The van der Waals surface area contributed by atoms with Gasteiger partial charge in [-0.05, 0) is 5.56 Å². The van der Waals surface area contributed by atoms with E-state index in [0.717, 1.165) is 12.1 Å². The Balaban J connectivity index is 2.28. The summed E-state index contributed by atoms with van der Waals surface area (Å²) in [7, 11) is 0. The van der Waals surface area contributed by atoms with Gasteiger partial charge in [0, 0.05) is 6.54 Å². The molecule has 2 rings (SSSR count). The van der Waals surface area contributed by atoms with E-state index in [2.05, 4.69) is 10.6 Å². The third-order valence-corrected chi connectivity index (χ3v) is 2.25. The molecule has 1 N–H and O–H groups in total. The van der Waals surface area contributed by atoms with Crippen molar-refractivity contribution in [2.24, 2.45) is 0 Å². The molecular formula is C11H11N2O. The van der Waals surface area contributed by atoms with E-state index in [0.29, 0.717) is 12.2 Å². The van der Waals surface area contributed by atoms with Gasteiger partial charge in [-0.2, -0.15) is 0 Å². The zero-order chi connectivity index (χ0) is 9.80. The number of piperazine rings is 1. The van der Waals surface area contributed by atoms with Crippen LogP contribution in [0, 0.1) is 0 Å². The van der Waals surface area contributed by atoms with Crippen molar-refractivity contribution in [1.29, 1.82) is 0 Å². The lowest BCUT2D eigenvalue weighted by atomic mass is 10.0. The summed E-state index contributed by atoms with van der Waals surface area (Å²) in [5.74, 6) is 1.89. The smallest absolute Gasteiger partial charge is 0.149 e. The minimum Gasteiger partial charge on any atom is -0.302 e. The number of nitrogens with zero attached hydrogens (tertiary/aromatic N) is 1. The average Bonchev–Trinajstić information content (AvgIpc) is 2.30. The fourth-order valence-electron chi connectivity index (χ4n) is 1.59. The summed E-state index contributed by atoms with van der Waals surface area (Å²) in [6, 6.07) is 9.74. The lowest BCUT2D eigenvalue weighted by Gasteiger charge is -2.24. The Kier molecular flexibility index (Phi) is 2.63. The van der Waals surface area contributed by atoms with Crippen LogP contribution in [-0.4, -0.2) is 19.0 Å². The minimum absolute atomic E-state index is 0.0811. The van der Waals surface area contributed by atoms with Crippen LogP contribution in [0.25, 0.3) is 0 Å². The van der Waals surface area contributed by atoms with Gasteiger partial charge in [0.1, 0.15) is 11.6 Å². The Labute approximate surface area is 82.8 Å². The van der Waals surface area contributed by atoms with Gasteiger partial charge in [0.05, 0.1) is 12.6 Å². The molecule has 3 nitrogen and oxygen atoms in total. The van der Waals surface area contributed by atoms with Gasteiger partial charge in [-0.15, -0.1) is 0 Å². The second-order valence-electron chi connectivity index (χ2n) is 3.17. The summed E-state index contributed by atoms with van der Waals surface area (Å²) in [6.07, 6.45) is 0. The molecule has 1 heterocycles. The molecule has 1 saturated heterocycles. The lowest BCUT2D eigenvalue weighted by molar-refractivity contribution is 0.484. The molecule has 1 aromatic rings. The predicted molar refractivity (Wildman–Crippen MR) is 53.4 cm³/mol. The third kappa shape index (κ3) is 1.69. The van der Waals surface area contributed by atoms with E-state index in [9.17, 15) is 4.79 Å². The maximum absolute atomic E-state index is 10.6. The van der Waals surface area contributed by atoms with Crippen molar-refractivity contribution in [2.75, 3.05) is 13.1 Å². The fourth-order valence-corrected chi connectivity index (χ4v) is 1.59. The zero-order valence-electron chi connectivity index (χ0n) is 7.73. The summed E-state index contributed by atoms with van der Waals surface area (Å²) in [5, 5.41) is 7.38.